The molecule has 16 heteroatoms. The average molecular weight is 887 g/mol. The van der Waals surface area contributed by atoms with Crippen molar-refractivity contribution < 1.29 is 81.9 Å². The molecule has 1 radical (unpaired) electrons. The monoisotopic (exact) mass is 887 g/mol. The van der Waals surface area contributed by atoms with E-state index in [9.17, 15) is 24.3 Å². The van der Waals surface area contributed by atoms with Crippen molar-refractivity contribution in [1.82, 2.24) is 25.5 Å². The van der Waals surface area contributed by atoms with E-state index in [2.05, 4.69) is 17.6 Å². The van der Waals surface area contributed by atoms with E-state index < -0.39 is 0 Å². The largest absolute Gasteiger partial charge is 0.400 e. The molecule has 5 unspecified atom stereocenters. The number of hydrogen-bond donors (Lipinski definition) is 6. The predicted octanol–water partition coefficient (Wildman–Crippen LogP) is 3.74. The molecule has 0 aliphatic carbocycles. The van der Waals surface area contributed by atoms with Gasteiger partial charge in [0.25, 0.3) is 0 Å². The van der Waals surface area contributed by atoms with E-state index in [1.807, 2.05) is 53.5 Å². The molecule has 2 heterocycles. The summed E-state index contributed by atoms with van der Waals surface area (Å²) in [6.07, 6.45) is 10.7. The van der Waals surface area contributed by atoms with Crippen LogP contribution in [0.1, 0.15) is 120 Å². The van der Waals surface area contributed by atoms with Crippen LogP contribution in [0, 0.1) is 11.8 Å². The fraction of sp³-hybridized carbons (Fsp3) is 0.900. The van der Waals surface area contributed by atoms with E-state index in [-0.39, 0.29) is 81.4 Å². The Morgan fingerprint density at radius 2 is 1.48 bits per heavy atom. The first-order valence-electron chi connectivity index (χ1n) is 20.2. The van der Waals surface area contributed by atoms with Crippen LogP contribution < -0.4 is 10.6 Å². The molecule has 56 heavy (non-hydrogen) atoms. The Labute approximate surface area is 367 Å². The van der Waals surface area contributed by atoms with Crippen molar-refractivity contribution >= 4 is 24.5 Å². The van der Waals surface area contributed by atoms with E-state index in [1.165, 1.54) is 17.7 Å². The molecule has 0 spiro atoms. The van der Waals surface area contributed by atoms with Gasteiger partial charge in [-0.05, 0) is 64.8 Å². The van der Waals surface area contributed by atoms with Crippen LogP contribution in [0.15, 0.2) is 0 Å². The van der Waals surface area contributed by atoms with Gasteiger partial charge in [-0.2, -0.15) is 5.06 Å². The summed E-state index contributed by atoms with van der Waals surface area (Å²) >= 11 is 0. The van der Waals surface area contributed by atoms with Crippen LogP contribution in [-0.2, 0) is 61.4 Å². The van der Waals surface area contributed by atoms with Gasteiger partial charge >= 0.3 is 0 Å². The number of aldehydes is 1. The molecular weight excluding hydrogens is 799 g/mol. The van der Waals surface area contributed by atoms with Gasteiger partial charge < -0.3 is 55.2 Å². The Balaban J connectivity index is -0.000000150. The number of carbonyl (C=O) groups excluding carboxylic acids is 4. The molecule has 2 aliphatic rings. The third-order valence-corrected chi connectivity index (χ3v) is 8.93. The molecule has 2 rings (SSSR count). The molecule has 2 fully saturated rings. The number of aliphatic hydroxyl groups is 3. The Kier molecular flexibility index (Phi) is 57.4. The topological polar surface area (TPSA) is 201 Å². The number of ether oxygens (including phenoxy) is 2. The van der Waals surface area contributed by atoms with Crippen molar-refractivity contribution in [2.24, 2.45) is 11.8 Å². The zero-order valence-electron chi connectivity index (χ0n) is 38.0. The number of amides is 3. The summed E-state index contributed by atoms with van der Waals surface area (Å²) in [5.41, 5.74) is 0. The number of nitrogens with one attached hydrogen (secondary N) is 2. The molecular formula is C40H87N5O10Y. The van der Waals surface area contributed by atoms with Gasteiger partial charge in [0.15, 0.2) is 0 Å². The maximum absolute atomic E-state index is 12.2. The second kappa shape index (κ2) is 48.2. The van der Waals surface area contributed by atoms with Crippen LogP contribution in [0.4, 0.5) is 0 Å². The van der Waals surface area contributed by atoms with E-state index in [1.54, 1.807) is 28.1 Å². The van der Waals surface area contributed by atoms with Crippen LogP contribution in [0.5, 0.6) is 0 Å². The predicted molar refractivity (Wildman–Crippen MR) is 222 cm³/mol. The van der Waals surface area contributed by atoms with Gasteiger partial charge in [0.2, 0.25) is 18.2 Å². The quantitative estimate of drug-likeness (QED) is 0.0663. The standard InChI is InChI=1S/C15H27NO3.C9H20N2O2.C9H19NO2.C3H7NO.C2H6.2CH4O.Y/c1-3-4-5-6-9-15(18)16-11-7-8-13(16)14(19-2)10-12-17;1-5-11(13)6-9(12)10-8(4)7(2)3;1-7(10-2)9(11)8-3-5-12-6-4-8;1-4(2)3-5;3*1-2;/h12-14H,3-11H2,1-2H3;7-8,13H,5-6H2,1-4H3,(H,10,12);7-11H,3-6H2,1-2H3;3H,1-2H3;1-2H3;2*2H,1H3;. The molecule has 335 valence electrons. The van der Waals surface area contributed by atoms with Crippen molar-refractivity contribution in [2.75, 3.05) is 75.3 Å². The van der Waals surface area contributed by atoms with Gasteiger partial charge in [-0.25, -0.2) is 0 Å². The summed E-state index contributed by atoms with van der Waals surface area (Å²) in [7, 11) is 8.88. The summed E-state index contributed by atoms with van der Waals surface area (Å²) in [6.45, 7) is 18.9. The molecule has 0 aromatic carbocycles. The summed E-state index contributed by atoms with van der Waals surface area (Å²) in [5.74, 6) is 0.927. The zero-order valence-corrected chi connectivity index (χ0v) is 40.8. The number of unbranched alkanes of at least 4 members (excludes halogenated alkanes) is 3. The van der Waals surface area contributed by atoms with Crippen LogP contribution in [-0.4, -0.2) is 166 Å². The van der Waals surface area contributed by atoms with Gasteiger partial charge in [-0.1, -0.05) is 60.8 Å². The van der Waals surface area contributed by atoms with Crippen LogP contribution >= 0.6 is 0 Å². The second-order valence-electron chi connectivity index (χ2n) is 13.5. The normalized spacial score (nSPS) is 16.4. The number of nitrogens with zero attached hydrogens (tertiary/aromatic N) is 3. The van der Waals surface area contributed by atoms with Crippen molar-refractivity contribution in [1.29, 1.82) is 0 Å². The number of rotatable bonds is 18. The first-order valence-corrected chi connectivity index (χ1v) is 20.2. The number of carbonyl (C=O) groups is 4. The number of aliphatic hydroxyl groups excluding tert-OH is 3. The minimum absolute atomic E-state index is 0. The summed E-state index contributed by atoms with van der Waals surface area (Å²) in [5, 5.41) is 39.7. The number of likely N-dealkylation sites (N-methyl/N-ethyl adjacent to an activating group) is 2. The summed E-state index contributed by atoms with van der Waals surface area (Å²) < 4.78 is 10.6. The van der Waals surface area contributed by atoms with Crippen molar-refractivity contribution in [3.8, 4) is 0 Å². The van der Waals surface area contributed by atoms with Crippen molar-refractivity contribution in [3.63, 3.8) is 0 Å². The molecule has 5 atom stereocenters. The van der Waals surface area contributed by atoms with Crippen molar-refractivity contribution in [2.45, 2.75) is 150 Å². The van der Waals surface area contributed by atoms with Gasteiger partial charge in [0, 0.05) is 119 Å². The third kappa shape index (κ3) is 37.2. The fourth-order valence-corrected chi connectivity index (χ4v) is 5.22. The fourth-order valence-electron chi connectivity index (χ4n) is 5.22. The first-order chi connectivity index (χ1) is 26.2. The molecule has 2 aliphatic heterocycles. The van der Waals surface area contributed by atoms with Crippen LogP contribution in [0.3, 0.4) is 0 Å². The van der Waals surface area contributed by atoms with Gasteiger partial charge in [0.05, 0.1) is 18.2 Å². The van der Waals surface area contributed by atoms with Crippen LogP contribution in [0.25, 0.3) is 0 Å². The first kappa shape index (κ1) is 66.7. The van der Waals surface area contributed by atoms with Gasteiger partial charge in [-0.3, -0.25) is 14.4 Å². The Morgan fingerprint density at radius 3 is 1.89 bits per heavy atom. The van der Waals surface area contributed by atoms with E-state index in [4.69, 9.17) is 24.9 Å². The number of methoxy groups -OCH3 is 1. The Hall–Kier alpha value is -1.14. The molecule has 15 nitrogen and oxygen atoms in total. The van der Waals surface area contributed by atoms with E-state index in [0.717, 1.165) is 90.3 Å². The van der Waals surface area contributed by atoms with Gasteiger partial charge in [-0.15, -0.1) is 0 Å². The molecule has 3 amide bonds. The van der Waals surface area contributed by atoms with E-state index >= 15 is 0 Å². The SMILES string of the molecule is CC.CCCCCCC(=O)N1CCCC1C(CC=O)OC.CCN(O)CC(=O)NC(C)C(C)C.CN(C)C=O.CNC(C)C(O)C1CCOCC1.CO.CO.[Y]. The minimum Gasteiger partial charge on any atom is -0.400 e. The zero-order chi connectivity index (χ0) is 43.8. The average Bonchev–Trinajstić information content (AvgIpc) is 3.71. The minimum atomic E-state index is -0.223. The molecule has 0 saturated carbocycles. The van der Waals surface area contributed by atoms with Gasteiger partial charge in [0.1, 0.15) is 12.8 Å². The second-order valence-corrected chi connectivity index (χ2v) is 13.5. The molecule has 0 bridgehead atoms. The van der Waals surface area contributed by atoms with Crippen molar-refractivity contribution in [3.05, 3.63) is 0 Å². The Bertz CT molecular complexity index is 858. The molecule has 0 aromatic heterocycles. The van der Waals surface area contributed by atoms with E-state index in [0.29, 0.717) is 31.2 Å². The molecule has 2 saturated heterocycles. The smallest absolute Gasteiger partial charge is 0.236 e. The number of likely N-dealkylation sites (tertiary alicyclic amines) is 1. The third-order valence-electron chi connectivity index (χ3n) is 8.93. The Morgan fingerprint density at radius 1 is 0.946 bits per heavy atom. The maximum atomic E-state index is 12.2. The van der Waals surface area contributed by atoms with Crippen LogP contribution in [0.2, 0.25) is 0 Å². The molecule has 6 N–H and O–H groups in total. The number of hydrogen-bond acceptors (Lipinski definition) is 12. The molecule has 0 aromatic rings. The summed E-state index contributed by atoms with van der Waals surface area (Å²) in [4.78, 5) is 46.9. The summed E-state index contributed by atoms with van der Waals surface area (Å²) in [6, 6.07) is 0.430. The maximum Gasteiger partial charge on any atom is 0.236 e. The number of hydroxylamine groups is 2.